The SMILES string of the molecule is c1ccc(-c2cccc(-c3cccc(-n4c5ccccc5c5ccc6c7ccccc7n(-c7ccccc7-c7ccc8c9ccccc9c9ccccc9c8c7)c6c54)c3)c2)cc1. The lowest BCUT2D eigenvalue weighted by Crippen LogP contribution is -2.00. The maximum atomic E-state index is 2.54. The number of fused-ring (bicyclic) bond motifs is 13. The molecule has 0 aliphatic carbocycles. The lowest BCUT2D eigenvalue weighted by Gasteiger charge is -2.17. The van der Waals surface area contributed by atoms with Crippen molar-refractivity contribution in [3.63, 3.8) is 0 Å². The van der Waals surface area contributed by atoms with Crippen LogP contribution in [0.5, 0.6) is 0 Å². The average molecular weight is 787 g/mol. The van der Waals surface area contributed by atoms with Crippen LogP contribution in [0.2, 0.25) is 0 Å². The molecule has 0 bridgehead atoms. The minimum Gasteiger partial charge on any atom is -0.307 e. The molecule has 0 saturated carbocycles. The monoisotopic (exact) mass is 786 g/mol. The van der Waals surface area contributed by atoms with E-state index in [2.05, 4.69) is 240 Å². The highest BCUT2D eigenvalue weighted by molar-refractivity contribution is 6.26. The van der Waals surface area contributed by atoms with E-state index in [1.165, 1.54) is 109 Å². The van der Waals surface area contributed by atoms with Gasteiger partial charge in [0.25, 0.3) is 0 Å². The molecule has 13 aromatic rings. The van der Waals surface area contributed by atoms with Crippen molar-refractivity contribution in [3.8, 4) is 44.8 Å². The first-order valence-electron chi connectivity index (χ1n) is 21.4. The number of benzene rings is 11. The molecule has 0 fully saturated rings. The van der Waals surface area contributed by atoms with Crippen molar-refractivity contribution in [1.82, 2.24) is 9.13 Å². The Morgan fingerprint density at radius 1 is 0.226 bits per heavy atom. The Morgan fingerprint density at radius 2 is 0.677 bits per heavy atom. The number of aromatic nitrogens is 2. The largest absolute Gasteiger partial charge is 0.307 e. The molecule has 288 valence electrons. The summed E-state index contributed by atoms with van der Waals surface area (Å²) in [7, 11) is 0. The highest BCUT2D eigenvalue weighted by Crippen LogP contribution is 2.44. The first-order valence-corrected chi connectivity index (χ1v) is 21.4. The van der Waals surface area contributed by atoms with Crippen molar-refractivity contribution in [2.24, 2.45) is 0 Å². The van der Waals surface area contributed by atoms with Gasteiger partial charge in [-0.1, -0.05) is 188 Å². The highest BCUT2D eigenvalue weighted by atomic mass is 15.0. The summed E-state index contributed by atoms with van der Waals surface area (Å²) >= 11 is 0. The van der Waals surface area contributed by atoms with Gasteiger partial charge in [0.15, 0.2) is 0 Å². The number of rotatable bonds is 5. The summed E-state index contributed by atoms with van der Waals surface area (Å²) in [6, 6.07) is 84.8. The van der Waals surface area contributed by atoms with Crippen molar-refractivity contribution in [2.75, 3.05) is 0 Å². The van der Waals surface area contributed by atoms with Crippen LogP contribution in [0.3, 0.4) is 0 Å². The van der Waals surface area contributed by atoms with Crippen LogP contribution in [0, 0.1) is 0 Å². The molecule has 0 aliphatic heterocycles. The minimum absolute atomic E-state index is 1.13. The summed E-state index contributed by atoms with van der Waals surface area (Å²) in [6.07, 6.45) is 0. The van der Waals surface area contributed by atoms with E-state index in [0.717, 1.165) is 11.4 Å². The third-order valence-electron chi connectivity index (χ3n) is 13.1. The number of nitrogens with zero attached hydrogens (tertiary/aromatic N) is 2. The second kappa shape index (κ2) is 13.7. The van der Waals surface area contributed by atoms with Gasteiger partial charge < -0.3 is 9.13 Å². The molecular weight excluding hydrogens is 749 g/mol. The van der Waals surface area contributed by atoms with Gasteiger partial charge >= 0.3 is 0 Å². The molecule has 0 atom stereocenters. The summed E-state index contributed by atoms with van der Waals surface area (Å²) in [5.74, 6) is 0. The van der Waals surface area contributed by atoms with Crippen LogP contribution in [0.15, 0.2) is 231 Å². The molecule has 2 heterocycles. The van der Waals surface area contributed by atoms with Gasteiger partial charge in [0.2, 0.25) is 0 Å². The molecule has 0 unspecified atom stereocenters. The van der Waals surface area contributed by atoms with Crippen molar-refractivity contribution >= 4 is 75.9 Å². The fourth-order valence-corrected chi connectivity index (χ4v) is 10.3. The van der Waals surface area contributed by atoms with E-state index in [0.29, 0.717) is 0 Å². The van der Waals surface area contributed by atoms with Gasteiger partial charge in [-0.05, 0) is 103 Å². The molecular formula is C60H38N2. The predicted octanol–water partition coefficient (Wildman–Crippen LogP) is 16.3. The lowest BCUT2D eigenvalue weighted by molar-refractivity contribution is 1.15. The molecule has 0 spiro atoms. The minimum atomic E-state index is 1.13. The van der Waals surface area contributed by atoms with E-state index in [9.17, 15) is 0 Å². The summed E-state index contributed by atoms with van der Waals surface area (Å²) in [5.41, 5.74) is 14.2. The number of hydrogen-bond acceptors (Lipinski definition) is 0. The molecule has 0 amide bonds. The normalized spacial score (nSPS) is 11.9. The maximum absolute atomic E-state index is 2.54. The highest BCUT2D eigenvalue weighted by Gasteiger charge is 2.23. The van der Waals surface area contributed by atoms with Crippen LogP contribution >= 0.6 is 0 Å². The van der Waals surface area contributed by atoms with E-state index in [-0.39, 0.29) is 0 Å². The zero-order valence-electron chi connectivity index (χ0n) is 33.8. The molecule has 62 heavy (non-hydrogen) atoms. The first-order chi connectivity index (χ1) is 30.8. The van der Waals surface area contributed by atoms with E-state index in [1.807, 2.05) is 0 Å². The van der Waals surface area contributed by atoms with Crippen LogP contribution in [0.4, 0.5) is 0 Å². The fourth-order valence-electron chi connectivity index (χ4n) is 10.3. The second-order valence-corrected chi connectivity index (χ2v) is 16.4. The number of hydrogen-bond donors (Lipinski definition) is 0. The Morgan fingerprint density at radius 3 is 1.35 bits per heavy atom. The van der Waals surface area contributed by atoms with E-state index in [4.69, 9.17) is 0 Å². The summed E-state index contributed by atoms with van der Waals surface area (Å²) in [5, 5.41) is 12.6. The Balaban J connectivity index is 1.09. The third kappa shape index (κ3) is 5.17. The molecule has 13 rings (SSSR count). The van der Waals surface area contributed by atoms with Gasteiger partial charge in [0.1, 0.15) is 0 Å². The Kier molecular flexibility index (Phi) is 7.64. The van der Waals surface area contributed by atoms with Gasteiger partial charge in [0.05, 0.1) is 27.8 Å². The van der Waals surface area contributed by atoms with Crippen LogP contribution in [0.25, 0.3) is 121 Å². The Bertz CT molecular complexity index is 3890. The first kappa shape index (κ1) is 34.6. The standard InChI is InChI=1S/C60H38N2/c1-2-16-39(17-3-1)40-18-14-19-41(36-40)42-20-15-21-44(37-42)61-57-30-12-9-27-51(57)53-34-35-54-52-28-10-13-31-58(52)62(60(54)59(53)61)56-29-11-8-22-45(56)43-32-33-50-48-25-5-4-23-46(48)47-24-6-7-26-49(47)55(50)38-43/h1-38H. The quantitative estimate of drug-likeness (QED) is 0.154. The van der Waals surface area contributed by atoms with Crippen molar-refractivity contribution in [2.45, 2.75) is 0 Å². The molecule has 2 heteroatoms. The molecule has 0 N–H and O–H groups in total. The van der Waals surface area contributed by atoms with Crippen molar-refractivity contribution in [3.05, 3.63) is 231 Å². The molecule has 0 radical (unpaired) electrons. The Labute approximate surface area is 358 Å². The van der Waals surface area contributed by atoms with E-state index < -0.39 is 0 Å². The van der Waals surface area contributed by atoms with E-state index >= 15 is 0 Å². The van der Waals surface area contributed by atoms with Crippen LogP contribution in [0.1, 0.15) is 0 Å². The Hall–Kier alpha value is -8.20. The average Bonchev–Trinajstić information content (AvgIpc) is 3.87. The summed E-state index contributed by atoms with van der Waals surface area (Å²) < 4.78 is 5.04. The third-order valence-corrected chi connectivity index (χ3v) is 13.1. The van der Waals surface area contributed by atoms with E-state index in [1.54, 1.807) is 0 Å². The lowest BCUT2D eigenvalue weighted by atomic mass is 9.92. The van der Waals surface area contributed by atoms with Crippen LogP contribution in [-0.4, -0.2) is 9.13 Å². The van der Waals surface area contributed by atoms with Crippen LogP contribution in [-0.2, 0) is 0 Å². The van der Waals surface area contributed by atoms with Gasteiger partial charge in [-0.15, -0.1) is 0 Å². The second-order valence-electron chi connectivity index (χ2n) is 16.4. The van der Waals surface area contributed by atoms with Gasteiger partial charge in [-0.2, -0.15) is 0 Å². The molecule has 2 nitrogen and oxygen atoms in total. The summed E-state index contributed by atoms with van der Waals surface area (Å²) in [4.78, 5) is 0. The molecule has 0 aliphatic rings. The molecule has 2 aromatic heterocycles. The van der Waals surface area contributed by atoms with Gasteiger partial charge in [-0.25, -0.2) is 0 Å². The van der Waals surface area contributed by atoms with Gasteiger partial charge in [0, 0.05) is 32.8 Å². The predicted molar refractivity (Wildman–Crippen MR) is 264 cm³/mol. The zero-order chi connectivity index (χ0) is 40.7. The fraction of sp³-hybridized carbons (Fsp3) is 0. The maximum Gasteiger partial charge on any atom is 0.0789 e. The van der Waals surface area contributed by atoms with Gasteiger partial charge in [-0.3, -0.25) is 0 Å². The molecule has 0 saturated heterocycles. The van der Waals surface area contributed by atoms with Crippen LogP contribution < -0.4 is 0 Å². The zero-order valence-corrected chi connectivity index (χ0v) is 33.8. The topological polar surface area (TPSA) is 9.86 Å². The summed E-state index contributed by atoms with van der Waals surface area (Å²) in [6.45, 7) is 0. The molecule has 11 aromatic carbocycles. The van der Waals surface area contributed by atoms with Crippen molar-refractivity contribution in [1.29, 1.82) is 0 Å². The van der Waals surface area contributed by atoms with Crippen molar-refractivity contribution < 1.29 is 0 Å². The smallest absolute Gasteiger partial charge is 0.0789 e. The number of para-hydroxylation sites is 3.